The van der Waals surface area contributed by atoms with E-state index in [0.717, 1.165) is 57.8 Å². The van der Waals surface area contributed by atoms with E-state index in [4.69, 9.17) is 14.2 Å². The first-order valence-corrected chi connectivity index (χ1v) is 35.5. The van der Waals surface area contributed by atoms with Crippen LogP contribution in [0.5, 0.6) is 0 Å². The summed E-state index contributed by atoms with van der Waals surface area (Å²) in [7, 11) is 0. The molecule has 0 N–H and O–H groups in total. The lowest BCUT2D eigenvalue weighted by Gasteiger charge is -2.18. The van der Waals surface area contributed by atoms with E-state index < -0.39 is 6.10 Å². The van der Waals surface area contributed by atoms with E-state index >= 15 is 0 Å². The smallest absolute Gasteiger partial charge is 0.306 e. The zero-order valence-corrected chi connectivity index (χ0v) is 52.8. The van der Waals surface area contributed by atoms with Gasteiger partial charge < -0.3 is 14.2 Å². The van der Waals surface area contributed by atoms with Crippen LogP contribution < -0.4 is 0 Å². The lowest BCUT2D eigenvalue weighted by Crippen LogP contribution is -2.30. The number of unbranched alkanes of at least 4 members (excludes halogenated alkanes) is 56. The van der Waals surface area contributed by atoms with Crippen molar-refractivity contribution >= 4 is 17.9 Å². The van der Waals surface area contributed by atoms with Crippen molar-refractivity contribution in [3.63, 3.8) is 0 Å². The molecule has 0 heterocycles. The molecule has 0 amide bonds. The van der Waals surface area contributed by atoms with Crippen LogP contribution in [0.3, 0.4) is 0 Å². The Bertz CT molecular complexity index is 1160. The molecule has 0 aromatic rings. The first-order valence-electron chi connectivity index (χ1n) is 35.5. The molecule has 458 valence electrons. The largest absolute Gasteiger partial charge is 0.462 e. The molecule has 0 aliphatic rings. The second kappa shape index (κ2) is 66.9. The molecular formula is C71H138O6. The SMILES string of the molecule is CCCCCCCCCCCCCCCCCCCCCCCCC(=O)OCC(COC(=O)CCCCCCCCCCCCCCCCCCCC)OC(=O)CCCCCCCCCCCCCCCCCCCCC. The minimum absolute atomic E-state index is 0.0600. The molecule has 0 aromatic carbocycles. The number of esters is 3. The summed E-state index contributed by atoms with van der Waals surface area (Å²) in [6, 6.07) is 0. The summed E-state index contributed by atoms with van der Waals surface area (Å²) in [6.07, 6.45) is 78.4. The molecule has 0 rings (SSSR count). The summed E-state index contributed by atoms with van der Waals surface area (Å²) in [4.78, 5) is 38.5. The van der Waals surface area contributed by atoms with Gasteiger partial charge in [-0.15, -0.1) is 0 Å². The zero-order valence-electron chi connectivity index (χ0n) is 52.8. The summed E-state index contributed by atoms with van der Waals surface area (Å²) in [5.41, 5.74) is 0. The van der Waals surface area contributed by atoms with Crippen LogP contribution in [-0.4, -0.2) is 37.2 Å². The lowest BCUT2D eigenvalue weighted by molar-refractivity contribution is -0.167. The van der Waals surface area contributed by atoms with Crippen LogP contribution in [0.4, 0.5) is 0 Å². The minimum Gasteiger partial charge on any atom is -0.462 e. The third kappa shape index (κ3) is 65.1. The zero-order chi connectivity index (χ0) is 55.7. The highest BCUT2D eigenvalue weighted by Crippen LogP contribution is 2.19. The highest BCUT2D eigenvalue weighted by atomic mass is 16.6. The van der Waals surface area contributed by atoms with Gasteiger partial charge in [0.2, 0.25) is 0 Å². The maximum absolute atomic E-state index is 13.0. The fourth-order valence-corrected chi connectivity index (χ4v) is 11.3. The van der Waals surface area contributed by atoms with E-state index in [1.165, 1.54) is 321 Å². The van der Waals surface area contributed by atoms with Crippen molar-refractivity contribution < 1.29 is 28.6 Å². The molecule has 0 bridgehead atoms. The molecule has 0 saturated carbocycles. The molecule has 1 atom stereocenters. The van der Waals surface area contributed by atoms with Crippen LogP contribution in [-0.2, 0) is 28.6 Å². The number of carbonyl (C=O) groups is 3. The van der Waals surface area contributed by atoms with Crippen molar-refractivity contribution in [3.8, 4) is 0 Å². The Labute approximate surface area is 482 Å². The molecule has 0 aliphatic heterocycles. The Hall–Kier alpha value is -1.59. The average Bonchev–Trinajstić information content (AvgIpc) is 3.43. The molecule has 0 saturated heterocycles. The molecule has 0 aliphatic carbocycles. The molecule has 0 radical (unpaired) electrons. The average molecular weight is 1090 g/mol. The molecular weight excluding hydrogens is 949 g/mol. The van der Waals surface area contributed by atoms with Gasteiger partial charge in [0.05, 0.1) is 0 Å². The molecule has 77 heavy (non-hydrogen) atoms. The highest BCUT2D eigenvalue weighted by Gasteiger charge is 2.19. The second-order valence-corrected chi connectivity index (χ2v) is 24.5. The maximum atomic E-state index is 13.0. The van der Waals surface area contributed by atoms with Gasteiger partial charge in [0.25, 0.3) is 0 Å². The topological polar surface area (TPSA) is 78.9 Å². The predicted molar refractivity (Wildman–Crippen MR) is 335 cm³/mol. The van der Waals surface area contributed by atoms with Crippen LogP contribution in [0.15, 0.2) is 0 Å². The highest BCUT2D eigenvalue weighted by molar-refractivity contribution is 5.71. The Kier molecular flexibility index (Phi) is 65.5. The summed E-state index contributed by atoms with van der Waals surface area (Å²) in [5, 5.41) is 0. The van der Waals surface area contributed by atoms with Crippen LogP contribution in [0, 0.1) is 0 Å². The predicted octanol–water partition coefficient (Wildman–Crippen LogP) is 24.2. The van der Waals surface area contributed by atoms with Crippen molar-refractivity contribution in [2.75, 3.05) is 13.2 Å². The first-order chi connectivity index (χ1) is 38.0. The molecule has 0 aromatic heterocycles. The van der Waals surface area contributed by atoms with Crippen LogP contribution in [0.25, 0.3) is 0 Å². The number of hydrogen-bond acceptors (Lipinski definition) is 6. The van der Waals surface area contributed by atoms with Crippen LogP contribution in [0.1, 0.15) is 419 Å². The molecule has 0 spiro atoms. The normalized spacial score (nSPS) is 11.9. The number of carbonyl (C=O) groups excluding carboxylic acids is 3. The van der Waals surface area contributed by atoms with E-state index in [1.54, 1.807) is 0 Å². The Balaban J connectivity index is 4.26. The van der Waals surface area contributed by atoms with Crippen molar-refractivity contribution in [3.05, 3.63) is 0 Å². The standard InChI is InChI=1S/C71H138O6/c1-4-7-10-13-16-19-22-25-28-31-34-35-36-38-40-43-46-49-52-55-58-61-64-70(73)76-67-68(66-75-69(72)63-60-57-54-51-48-45-42-39-33-30-27-24-21-18-15-12-9-6-3)77-71(74)65-62-59-56-53-50-47-44-41-37-32-29-26-23-20-17-14-11-8-5-2/h68H,4-67H2,1-3H3. The van der Waals surface area contributed by atoms with E-state index in [1.807, 2.05) is 0 Å². The van der Waals surface area contributed by atoms with Crippen LogP contribution >= 0.6 is 0 Å². The number of rotatable bonds is 67. The van der Waals surface area contributed by atoms with Crippen molar-refractivity contribution in [2.24, 2.45) is 0 Å². The number of ether oxygens (including phenoxy) is 3. The minimum atomic E-state index is -0.763. The summed E-state index contributed by atoms with van der Waals surface area (Å²) < 4.78 is 17.0. The van der Waals surface area contributed by atoms with E-state index in [2.05, 4.69) is 20.8 Å². The van der Waals surface area contributed by atoms with Gasteiger partial charge in [-0.25, -0.2) is 0 Å². The monoisotopic (exact) mass is 1090 g/mol. The van der Waals surface area contributed by atoms with Crippen LogP contribution in [0.2, 0.25) is 0 Å². The van der Waals surface area contributed by atoms with Gasteiger partial charge in [-0.05, 0) is 19.3 Å². The molecule has 0 fully saturated rings. The van der Waals surface area contributed by atoms with Gasteiger partial charge in [-0.3, -0.25) is 14.4 Å². The Morgan fingerprint density at radius 1 is 0.208 bits per heavy atom. The Morgan fingerprint density at radius 2 is 0.351 bits per heavy atom. The van der Waals surface area contributed by atoms with Gasteiger partial charge in [0, 0.05) is 19.3 Å². The molecule has 1 unspecified atom stereocenters. The number of hydrogen-bond donors (Lipinski definition) is 0. The fraction of sp³-hybridized carbons (Fsp3) is 0.958. The van der Waals surface area contributed by atoms with Gasteiger partial charge in [0.1, 0.15) is 13.2 Å². The van der Waals surface area contributed by atoms with E-state index in [9.17, 15) is 14.4 Å². The molecule has 6 heteroatoms. The quantitative estimate of drug-likeness (QED) is 0.0343. The first kappa shape index (κ1) is 75.4. The van der Waals surface area contributed by atoms with Gasteiger partial charge in [-0.2, -0.15) is 0 Å². The lowest BCUT2D eigenvalue weighted by atomic mass is 10.0. The van der Waals surface area contributed by atoms with Crippen molar-refractivity contribution in [1.29, 1.82) is 0 Å². The maximum Gasteiger partial charge on any atom is 0.306 e. The van der Waals surface area contributed by atoms with Gasteiger partial charge in [0.15, 0.2) is 6.10 Å². The Morgan fingerprint density at radius 3 is 0.519 bits per heavy atom. The van der Waals surface area contributed by atoms with Crippen molar-refractivity contribution in [2.45, 2.75) is 425 Å². The second-order valence-electron chi connectivity index (χ2n) is 24.5. The summed E-state index contributed by atoms with van der Waals surface area (Å²) >= 11 is 0. The fourth-order valence-electron chi connectivity index (χ4n) is 11.3. The summed E-state index contributed by atoms with van der Waals surface area (Å²) in [5.74, 6) is -0.817. The van der Waals surface area contributed by atoms with Gasteiger partial charge >= 0.3 is 17.9 Å². The summed E-state index contributed by atoms with van der Waals surface area (Å²) in [6.45, 7) is 6.75. The third-order valence-corrected chi connectivity index (χ3v) is 16.6. The third-order valence-electron chi connectivity index (χ3n) is 16.6. The molecule has 6 nitrogen and oxygen atoms in total. The van der Waals surface area contributed by atoms with E-state index in [-0.39, 0.29) is 31.1 Å². The van der Waals surface area contributed by atoms with Crippen molar-refractivity contribution in [1.82, 2.24) is 0 Å². The van der Waals surface area contributed by atoms with E-state index in [0.29, 0.717) is 19.3 Å². The van der Waals surface area contributed by atoms with Gasteiger partial charge in [-0.1, -0.05) is 380 Å².